The molecule has 0 radical (unpaired) electrons. The number of hydrogen-bond acceptors (Lipinski definition) is 3. The van der Waals surface area contributed by atoms with Crippen LogP contribution in [0.3, 0.4) is 0 Å². The van der Waals surface area contributed by atoms with Crippen LogP contribution >= 0.6 is 0 Å². The number of rotatable bonds is 4. The molecule has 112 valence electrons. The summed E-state index contributed by atoms with van der Waals surface area (Å²) in [5.74, 6) is 0.235. The van der Waals surface area contributed by atoms with Crippen LogP contribution in [0.4, 0.5) is 0 Å². The first kappa shape index (κ1) is 15.4. The van der Waals surface area contributed by atoms with Gasteiger partial charge in [-0.3, -0.25) is 0 Å². The average molecular weight is 285 g/mol. The van der Waals surface area contributed by atoms with Crippen LogP contribution < -0.4 is 0 Å². The summed E-state index contributed by atoms with van der Waals surface area (Å²) in [6.45, 7) is 7.23. The molecule has 3 nitrogen and oxygen atoms in total. The van der Waals surface area contributed by atoms with Crippen LogP contribution in [0.15, 0.2) is 53.9 Å². The fraction of sp³-hybridized carbons (Fsp3) is 0.389. The number of nitrogens with zero attached hydrogens (tertiary/aromatic N) is 1. The van der Waals surface area contributed by atoms with Gasteiger partial charge < -0.3 is 9.64 Å². The van der Waals surface area contributed by atoms with E-state index < -0.39 is 0 Å². The number of esters is 1. The first-order valence-electron chi connectivity index (χ1n) is 7.33. The Morgan fingerprint density at radius 1 is 1.29 bits per heavy atom. The van der Waals surface area contributed by atoms with Gasteiger partial charge in [0, 0.05) is 24.4 Å². The Kier molecular flexibility index (Phi) is 4.84. The fourth-order valence-electron chi connectivity index (χ4n) is 2.69. The molecular weight excluding hydrogens is 262 g/mol. The van der Waals surface area contributed by atoms with Gasteiger partial charge in [0.15, 0.2) is 0 Å². The van der Waals surface area contributed by atoms with Gasteiger partial charge in [-0.2, -0.15) is 0 Å². The van der Waals surface area contributed by atoms with Gasteiger partial charge in [-0.1, -0.05) is 50.3 Å². The van der Waals surface area contributed by atoms with E-state index in [0.717, 1.165) is 23.4 Å². The van der Waals surface area contributed by atoms with Crippen LogP contribution in [0, 0.1) is 5.92 Å². The lowest BCUT2D eigenvalue weighted by Crippen LogP contribution is -2.28. The fourth-order valence-corrected chi connectivity index (χ4v) is 2.69. The van der Waals surface area contributed by atoms with Crippen molar-refractivity contribution in [3.63, 3.8) is 0 Å². The van der Waals surface area contributed by atoms with Crippen LogP contribution in [-0.4, -0.2) is 24.5 Å². The third-order valence-corrected chi connectivity index (χ3v) is 3.72. The van der Waals surface area contributed by atoms with Gasteiger partial charge in [0.1, 0.15) is 0 Å². The summed E-state index contributed by atoms with van der Waals surface area (Å²) in [5, 5.41) is 0. The molecule has 0 saturated heterocycles. The smallest absolute Gasteiger partial charge is 0.336 e. The lowest BCUT2D eigenvalue weighted by Gasteiger charge is -2.32. The number of carbonyl (C=O) groups is 1. The van der Waals surface area contributed by atoms with Crippen LogP contribution in [0.2, 0.25) is 0 Å². The van der Waals surface area contributed by atoms with E-state index in [9.17, 15) is 4.79 Å². The number of methoxy groups -OCH3 is 1. The average Bonchev–Trinajstić information content (AvgIpc) is 2.49. The first-order chi connectivity index (χ1) is 10.0. The quantitative estimate of drug-likeness (QED) is 0.790. The molecule has 1 aliphatic rings. The molecule has 0 aliphatic carbocycles. The maximum Gasteiger partial charge on any atom is 0.336 e. The Hall–Kier alpha value is -2.03. The molecule has 1 aliphatic heterocycles. The third kappa shape index (κ3) is 3.35. The Balaban J connectivity index is 2.41. The second-order valence-corrected chi connectivity index (χ2v) is 5.77. The molecule has 0 saturated carbocycles. The van der Waals surface area contributed by atoms with Crippen molar-refractivity contribution >= 4 is 5.97 Å². The molecular formula is C18H23NO2. The molecule has 0 spiro atoms. The Bertz CT molecular complexity index is 558. The molecule has 1 heterocycles. The highest BCUT2D eigenvalue weighted by atomic mass is 16.5. The second-order valence-electron chi connectivity index (χ2n) is 5.77. The van der Waals surface area contributed by atoms with E-state index in [2.05, 4.69) is 31.0 Å². The standard InChI is InChI=1S/C18H23NO2/c1-13(2)12-19-11-10-16(15-8-6-5-7-9-15)17(14(19)3)18(20)21-4/h5-11,13,16H,12H2,1-4H3. The summed E-state index contributed by atoms with van der Waals surface area (Å²) >= 11 is 0. The van der Waals surface area contributed by atoms with E-state index >= 15 is 0 Å². The SMILES string of the molecule is COC(=O)C1=C(C)N(CC(C)C)C=CC1c1ccccc1. The molecule has 0 bridgehead atoms. The van der Waals surface area contributed by atoms with E-state index in [4.69, 9.17) is 4.74 Å². The van der Waals surface area contributed by atoms with Crippen LogP contribution in [0.5, 0.6) is 0 Å². The van der Waals surface area contributed by atoms with E-state index in [1.807, 2.05) is 37.3 Å². The number of hydrogen-bond donors (Lipinski definition) is 0. The molecule has 0 fully saturated rings. The lowest BCUT2D eigenvalue weighted by molar-refractivity contribution is -0.136. The summed E-state index contributed by atoms with van der Waals surface area (Å²) < 4.78 is 5.01. The maximum atomic E-state index is 12.3. The lowest BCUT2D eigenvalue weighted by atomic mass is 9.87. The summed E-state index contributed by atoms with van der Waals surface area (Å²) in [7, 11) is 1.44. The monoisotopic (exact) mass is 285 g/mol. The predicted molar refractivity (Wildman–Crippen MR) is 84.6 cm³/mol. The highest BCUT2D eigenvalue weighted by Gasteiger charge is 2.28. The second kappa shape index (κ2) is 6.61. The van der Waals surface area contributed by atoms with Gasteiger partial charge in [-0.15, -0.1) is 0 Å². The molecule has 1 unspecified atom stereocenters. The van der Waals surface area contributed by atoms with Gasteiger partial charge in [0.05, 0.1) is 12.7 Å². The number of ether oxygens (including phenoxy) is 1. The number of benzene rings is 1. The Labute approximate surface area is 126 Å². The number of allylic oxidation sites excluding steroid dienone is 2. The largest absolute Gasteiger partial charge is 0.466 e. The van der Waals surface area contributed by atoms with E-state index in [-0.39, 0.29) is 11.9 Å². The highest BCUT2D eigenvalue weighted by Crippen LogP contribution is 2.34. The Morgan fingerprint density at radius 3 is 2.52 bits per heavy atom. The van der Waals surface area contributed by atoms with E-state index in [1.54, 1.807) is 0 Å². The summed E-state index contributed by atoms with van der Waals surface area (Å²) in [4.78, 5) is 14.4. The van der Waals surface area contributed by atoms with Gasteiger partial charge in [0.2, 0.25) is 0 Å². The van der Waals surface area contributed by atoms with Crippen molar-refractivity contribution in [2.45, 2.75) is 26.7 Å². The van der Waals surface area contributed by atoms with Crippen LogP contribution in [-0.2, 0) is 9.53 Å². The molecule has 0 amide bonds. The summed E-state index contributed by atoms with van der Waals surface area (Å²) in [5.41, 5.74) is 2.82. The van der Waals surface area contributed by atoms with E-state index in [0.29, 0.717) is 5.92 Å². The molecule has 3 heteroatoms. The van der Waals surface area contributed by atoms with Crippen molar-refractivity contribution in [1.82, 2.24) is 4.90 Å². The van der Waals surface area contributed by atoms with Gasteiger partial charge in [0.25, 0.3) is 0 Å². The molecule has 1 aromatic rings. The normalized spacial score (nSPS) is 18.3. The minimum absolute atomic E-state index is 0.0398. The van der Waals surface area contributed by atoms with Crippen molar-refractivity contribution in [3.8, 4) is 0 Å². The molecule has 2 rings (SSSR count). The Morgan fingerprint density at radius 2 is 1.95 bits per heavy atom. The zero-order chi connectivity index (χ0) is 15.4. The van der Waals surface area contributed by atoms with Crippen molar-refractivity contribution in [2.24, 2.45) is 5.92 Å². The summed E-state index contributed by atoms with van der Waals surface area (Å²) in [6, 6.07) is 10.1. The summed E-state index contributed by atoms with van der Waals surface area (Å²) in [6.07, 6.45) is 4.16. The minimum atomic E-state index is -0.251. The third-order valence-electron chi connectivity index (χ3n) is 3.72. The van der Waals surface area contributed by atoms with Crippen molar-refractivity contribution in [3.05, 3.63) is 59.4 Å². The maximum absolute atomic E-state index is 12.3. The first-order valence-corrected chi connectivity index (χ1v) is 7.33. The predicted octanol–water partition coefficient (Wildman–Crippen LogP) is 3.70. The zero-order valence-corrected chi connectivity index (χ0v) is 13.2. The van der Waals surface area contributed by atoms with Crippen LogP contribution in [0.1, 0.15) is 32.3 Å². The number of carbonyl (C=O) groups excluding carboxylic acids is 1. The molecule has 0 aromatic heterocycles. The topological polar surface area (TPSA) is 29.5 Å². The molecule has 1 atom stereocenters. The van der Waals surface area contributed by atoms with Gasteiger partial charge >= 0.3 is 5.97 Å². The van der Waals surface area contributed by atoms with Crippen molar-refractivity contribution < 1.29 is 9.53 Å². The zero-order valence-electron chi connectivity index (χ0n) is 13.2. The van der Waals surface area contributed by atoms with Crippen molar-refractivity contribution in [2.75, 3.05) is 13.7 Å². The molecule has 0 N–H and O–H groups in total. The van der Waals surface area contributed by atoms with E-state index in [1.165, 1.54) is 7.11 Å². The van der Waals surface area contributed by atoms with Crippen molar-refractivity contribution in [1.29, 1.82) is 0 Å². The molecule has 21 heavy (non-hydrogen) atoms. The van der Waals surface area contributed by atoms with Crippen LogP contribution in [0.25, 0.3) is 0 Å². The highest BCUT2D eigenvalue weighted by molar-refractivity contribution is 5.91. The van der Waals surface area contributed by atoms with Gasteiger partial charge in [-0.25, -0.2) is 4.79 Å². The van der Waals surface area contributed by atoms with Gasteiger partial charge in [-0.05, 0) is 18.4 Å². The molecule has 1 aromatic carbocycles. The minimum Gasteiger partial charge on any atom is -0.466 e.